The normalized spacial score (nSPS) is 12.6. The Morgan fingerprint density at radius 1 is 1.59 bits per heavy atom. The summed E-state index contributed by atoms with van der Waals surface area (Å²) in [5.41, 5.74) is 7.81. The molecule has 1 atom stereocenters. The van der Waals surface area contributed by atoms with E-state index in [-0.39, 0.29) is 12.6 Å². The first kappa shape index (κ1) is 11.9. The van der Waals surface area contributed by atoms with E-state index in [0.29, 0.717) is 0 Å². The zero-order valence-corrected chi connectivity index (χ0v) is 10.5. The molecule has 0 saturated carbocycles. The summed E-state index contributed by atoms with van der Waals surface area (Å²) in [7, 11) is 0. The number of H-pyrrole nitrogens is 1. The lowest BCUT2D eigenvalue weighted by atomic mass is 10.1. The number of para-hydroxylation sites is 1. The molecule has 0 aliphatic carbocycles. The van der Waals surface area contributed by atoms with Crippen LogP contribution in [0.1, 0.15) is 11.6 Å². The minimum atomic E-state index is -1.07. The van der Waals surface area contributed by atoms with Crippen LogP contribution >= 0.6 is 15.9 Å². The van der Waals surface area contributed by atoms with E-state index in [1.165, 1.54) is 0 Å². The third-order valence-corrected chi connectivity index (χ3v) is 3.23. The first-order valence-electron chi connectivity index (χ1n) is 5.07. The highest BCUT2D eigenvalue weighted by molar-refractivity contribution is 9.10. The lowest BCUT2D eigenvalue weighted by molar-refractivity contribution is 0.193. The molecule has 0 spiro atoms. The molecule has 5 nitrogen and oxygen atoms in total. The maximum absolute atomic E-state index is 10.4. The van der Waals surface area contributed by atoms with E-state index in [4.69, 9.17) is 10.8 Å². The van der Waals surface area contributed by atoms with Crippen molar-refractivity contribution in [2.45, 2.75) is 6.04 Å². The monoisotopic (exact) mass is 297 g/mol. The fourth-order valence-electron chi connectivity index (χ4n) is 1.75. The quantitative estimate of drug-likeness (QED) is 0.700. The molecule has 0 aliphatic heterocycles. The number of nitrogens with one attached hydrogen (secondary N) is 2. The van der Waals surface area contributed by atoms with E-state index >= 15 is 0 Å². The van der Waals surface area contributed by atoms with E-state index in [0.717, 1.165) is 20.9 Å². The Labute approximate surface area is 106 Å². The Hall–Kier alpha value is -1.53. The van der Waals surface area contributed by atoms with E-state index in [9.17, 15) is 4.79 Å². The van der Waals surface area contributed by atoms with Gasteiger partial charge in [-0.25, -0.2) is 4.79 Å². The molecule has 1 amide bonds. The largest absolute Gasteiger partial charge is 0.465 e. The summed E-state index contributed by atoms with van der Waals surface area (Å²) in [4.78, 5) is 13.5. The van der Waals surface area contributed by atoms with Gasteiger partial charge in [-0.15, -0.1) is 0 Å². The Morgan fingerprint density at radius 3 is 3.06 bits per heavy atom. The average molecular weight is 298 g/mol. The van der Waals surface area contributed by atoms with Crippen LogP contribution in [-0.2, 0) is 0 Å². The van der Waals surface area contributed by atoms with Crippen molar-refractivity contribution in [3.63, 3.8) is 0 Å². The third-order valence-electron chi connectivity index (χ3n) is 2.57. The molecule has 2 rings (SSSR count). The number of fused-ring (bicyclic) bond motifs is 1. The molecule has 0 saturated heterocycles. The van der Waals surface area contributed by atoms with Crippen LogP contribution in [0.25, 0.3) is 10.9 Å². The summed E-state index contributed by atoms with van der Waals surface area (Å²) in [6, 6.07) is 5.44. The zero-order chi connectivity index (χ0) is 12.4. The van der Waals surface area contributed by atoms with Crippen molar-refractivity contribution >= 4 is 32.9 Å². The third kappa shape index (κ3) is 2.42. The SMILES string of the molecule is NC(CNC(=O)O)c1c[nH]c2c(Br)cccc12. The summed E-state index contributed by atoms with van der Waals surface area (Å²) in [6.45, 7) is 0.189. The molecule has 17 heavy (non-hydrogen) atoms. The van der Waals surface area contributed by atoms with Crippen molar-refractivity contribution in [1.82, 2.24) is 10.3 Å². The number of rotatable bonds is 3. The van der Waals surface area contributed by atoms with Gasteiger partial charge in [0.25, 0.3) is 0 Å². The van der Waals surface area contributed by atoms with Crippen LogP contribution in [0, 0.1) is 0 Å². The van der Waals surface area contributed by atoms with Crippen molar-refractivity contribution in [2.75, 3.05) is 6.54 Å². The summed E-state index contributed by atoms with van der Waals surface area (Å²) < 4.78 is 0.958. The average Bonchev–Trinajstić information content (AvgIpc) is 2.71. The van der Waals surface area contributed by atoms with Crippen LogP contribution in [0.4, 0.5) is 4.79 Å². The van der Waals surface area contributed by atoms with Gasteiger partial charge in [0.15, 0.2) is 0 Å². The number of halogens is 1. The van der Waals surface area contributed by atoms with Crippen LogP contribution in [0.5, 0.6) is 0 Å². The summed E-state index contributed by atoms with van der Waals surface area (Å²) in [6.07, 6.45) is 0.741. The molecule has 0 fully saturated rings. The molecule has 1 aromatic heterocycles. The van der Waals surface area contributed by atoms with Crippen molar-refractivity contribution in [1.29, 1.82) is 0 Å². The van der Waals surface area contributed by atoms with E-state index in [1.807, 2.05) is 24.4 Å². The van der Waals surface area contributed by atoms with Gasteiger partial charge in [-0.1, -0.05) is 12.1 Å². The van der Waals surface area contributed by atoms with Crippen LogP contribution in [0.2, 0.25) is 0 Å². The molecule has 0 aliphatic rings. The Kier molecular flexibility index (Phi) is 3.35. The van der Waals surface area contributed by atoms with E-state index < -0.39 is 6.09 Å². The van der Waals surface area contributed by atoms with E-state index in [1.54, 1.807) is 0 Å². The predicted octanol–water partition coefficient (Wildman–Crippen LogP) is 2.20. The van der Waals surface area contributed by atoms with Gasteiger partial charge in [0.2, 0.25) is 0 Å². The molecule has 1 unspecified atom stereocenters. The Morgan fingerprint density at radius 2 is 2.35 bits per heavy atom. The molecular formula is C11H12BrN3O2. The number of carboxylic acid groups (broad SMARTS) is 1. The standard InChI is InChI=1S/C11H12BrN3O2/c12-8-3-1-2-6-7(4-14-10(6)8)9(13)5-15-11(16)17/h1-4,9,14-15H,5,13H2,(H,16,17). The predicted molar refractivity (Wildman–Crippen MR) is 69.0 cm³/mol. The highest BCUT2D eigenvalue weighted by Gasteiger charge is 2.13. The fraction of sp³-hybridized carbons (Fsp3) is 0.182. The van der Waals surface area contributed by atoms with Gasteiger partial charge in [0.1, 0.15) is 0 Å². The second-order valence-electron chi connectivity index (χ2n) is 3.70. The second-order valence-corrected chi connectivity index (χ2v) is 4.55. The maximum Gasteiger partial charge on any atom is 0.404 e. The van der Waals surface area contributed by atoms with Gasteiger partial charge in [-0.2, -0.15) is 0 Å². The van der Waals surface area contributed by atoms with Gasteiger partial charge >= 0.3 is 6.09 Å². The van der Waals surface area contributed by atoms with Crippen molar-refractivity contribution < 1.29 is 9.90 Å². The molecule has 0 radical (unpaired) electrons. The number of nitrogens with two attached hydrogens (primary N) is 1. The minimum Gasteiger partial charge on any atom is -0.465 e. The fourth-order valence-corrected chi connectivity index (χ4v) is 2.23. The van der Waals surface area contributed by atoms with Crippen molar-refractivity contribution in [3.8, 4) is 0 Å². The molecular weight excluding hydrogens is 286 g/mol. The highest BCUT2D eigenvalue weighted by atomic mass is 79.9. The van der Waals surface area contributed by atoms with Crippen molar-refractivity contribution in [3.05, 3.63) is 34.4 Å². The Bertz CT molecular complexity index is 553. The molecule has 6 heteroatoms. The lowest BCUT2D eigenvalue weighted by Crippen LogP contribution is -2.30. The summed E-state index contributed by atoms with van der Waals surface area (Å²) >= 11 is 3.44. The summed E-state index contributed by atoms with van der Waals surface area (Å²) in [5, 5.41) is 11.8. The number of amides is 1. The number of hydrogen-bond donors (Lipinski definition) is 4. The maximum atomic E-state index is 10.4. The molecule has 90 valence electrons. The number of hydrogen-bond acceptors (Lipinski definition) is 2. The smallest absolute Gasteiger partial charge is 0.404 e. The number of carbonyl (C=O) groups is 1. The number of aromatic nitrogens is 1. The highest BCUT2D eigenvalue weighted by Crippen LogP contribution is 2.28. The molecule has 5 N–H and O–H groups in total. The lowest BCUT2D eigenvalue weighted by Gasteiger charge is -2.10. The molecule has 0 bridgehead atoms. The van der Waals surface area contributed by atoms with Crippen LogP contribution < -0.4 is 11.1 Å². The Balaban J connectivity index is 2.29. The van der Waals surface area contributed by atoms with E-state index in [2.05, 4.69) is 26.2 Å². The number of benzene rings is 1. The second kappa shape index (κ2) is 4.77. The van der Waals surface area contributed by atoms with Gasteiger partial charge in [0.05, 0.1) is 5.52 Å². The van der Waals surface area contributed by atoms with Gasteiger partial charge in [-0.3, -0.25) is 0 Å². The van der Waals surface area contributed by atoms with Gasteiger partial charge < -0.3 is 21.1 Å². The molecule has 1 aromatic carbocycles. The first-order valence-corrected chi connectivity index (χ1v) is 5.86. The number of aromatic amines is 1. The van der Waals surface area contributed by atoms with Crippen LogP contribution in [-0.4, -0.2) is 22.7 Å². The van der Waals surface area contributed by atoms with Crippen LogP contribution in [0.3, 0.4) is 0 Å². The molecule has 1 heterocycles. The van der Waals surface area contributed by atoms with Gasteiger partial charge in [-0.05, 0) is 27.6 Å². The van der Waals surface area contributed by atoms with Crippen LogP contribution in [0.15, 0.2) is 28.9 Å². The zero-order valence-electron chi connectivity index (χ0n) is 8.90. The first-order chi connectivity index (χ1) is 8.09. The van der Waals surface area contributed by atoms with Crippen molar-refractivity contribution in [2.24, 2.45) is 5.73 Å². The minimum absolute atomic E-state index is 0.189. The summed E-state index contributed by atoms with van der Waals surface area (Å²) in [5.74, 6) is 0. The topological polar surface area (TPSA) is 91.1 Å². The van der Waals surface area contributed by atoms with Gasteiger partial charge in [0, 0.05) is 28.6 Å². The molecule has 2 aromatic rings.